The van der Waals surface area contributed by atoms with Gasteiger partial charge in [0.05, 0.1) is 18.8 Å². The monoisotopic (exact) mass is 488 g/mol. The van der Waals surface area contributed by atoms with Gasteiger partial charge in [-0.1, -0.05) is 20.8 Å². The van der Waals surface area contributed by atoms with Crippen LogP contribution in [-0.2, 0) is 11.8 Å². The zero-order chi connectivity index (χ0) is 25.6. The third-order valence-corrected chi connectivity index (χ3v) is 5.70. The Kier molecular flexibility index (Phi) is 6.82. The molecule has 0 saturated heterocycles. The fourth-order valence-corrected chi connectivity index (χ4v) is 3.91. The van der Waals surface area contributed by atoms with E-state index in [0.29, 0.717) is 5.56 Å². The number of amides is 2. The molecule has 2 unspecified atom stereocenters. The zero-order valence-electron chi connectivity index (χ0n) is 18.8. The van der Waals surface area contributed by atoms with Crippen molar-refractivity contribution in [3.8, 4) is 5.75 Å². The molecule has 0 spiro atoms. The minimum Gasteiger partial charge on any atom is -0.494 e. The van der Waals surface area contributed by atoms with Crippen molar-refractivity contribution < 1.29 is 41.7 Å². The number of aliphatic hydroxyl groups is 2. The Morgan fingerprint density at radius 2 is 1.76 bits per heavy atom. The number of benzene rings is 2. The van der Waals surface area contributed by atoms with E-state index < -0.39 is 58.8 Å². The predicted octanol–water partition coefficient (Wildman–Crippen LogP) is 4.65. The summed E-state index contributed by atoms with van der Waals surface area (Å²) in [6, 6.07) is 2.32. The highest BCUT2D eigenvalue weighted by Gasteiger charge is 2.42. The van der Waals surface area contributed by atoms with Gasteiger partial charge in [-0.05, 0) is 47.2 Å². The van der Waals surface area contributed by atoms with Crippen LogP contribution in [0.5, 0.6) is 5.75 Å². The van der Waals surface area contributed by atoms with Gasteiger partial charge in [-0.15, -0.1) is 0 Å². The molecule has 6 nitrogen and oxygen atoms in total. The fourth-order valence-electron chi connectivity index (χ4n) is 3.91. The third kappa shape index (κ3) is 4.95. The van der Waals surface area contributed by atoms with Crippen molar-refractivity contribution in [2.75, 3.05) is 12.4 Å². The van der Waals surface area contributed by atoms with Gasteiger partial charge in [-0.25, -0.2) is 13.6 Å². The van der Waals surface area contributed by atoms with Gasteiger partial charge in [0.1, 0.15) is 23.5 Å². The molecule has 1 aliphatic carbocycles. The number of nitrogens with one attached hydrogen (secondary N) is 2. The number of alkyl halides is 3. The smallest absolute Gasteiger partial charge is 0.418 e. The molecule has 2 aromatic rings. The summed E-state index contributed by atoms with van der Waals surface area (Å²) in [5, 5.41) is 25.0. The van der Waals surface area contributed by atoms with Crippen LogP contribution in [-0.4, -0.2) is 35.6 Å². The lowest BCUT2D eigenvalue weighted by Gasteiger charge is -2.26. The van der Waals surface area contributed by atoms with Crippen LogP contribution >= 0.6 is 0 Å². The summed E-state index contributed by atoms with van der Waals surface area (Å²) in [6.45, 7) is 5.20. The molecule has 186 valence electrons. The van der Waals surface area contributed by atoms with Crippen LogP contribution in [0.4, 0.5) is 32.4 Å². The van der Waals surface area contributed by atoms with Crippen molar-refractivity contribution in [3.05, 3.63) is 58.2 Å². The molecular formula is C23H25F5N2O4. The van der Waals surface area contributed by atoms with E-state index in [1.54, 1.807) is 20.8 Å². The first-order valence-corrected chi connectivity index (χ1v) is 10.3. The number of urea groups is 1. The second-order valence-corrected chi connectivity index (χ2v) is 9.12. The summed E-state index contributed by atoms with van der Waals surface area (Å²) >= 11 is 0. The minimum atomic E-state index is -4.99. The second kappa shape index (κ2) is 9.03. The number of carbonyl (C=O) groups is 1. The molecule has 1 aliphatic rings. The van der Waals surface area contributed by atoms with Crippen molar-refractivity contribution in [1.29, 1.82) is 0 Å². The van der Waals surface area contributed by atoms with E-state index in [-0.39, 0.29) is 23.2 Å². The number of halogens is 5. The Hall–Kier alpha value is -2.92. The van der Waals surface area contributed by atoms with E-state index >= 15 is 0 Å². The zero-order valence-corrected chi connectivity index (χ0v) is 18.8. The first-order chi connectivity index (χ1) is 15.6. The quantitative estimate of drug-likeness (QED) is 0.472. The number of rotatable bonds is 4. The van der Waals surface area contributed by atoms with Gasteiger partial charge in [0.2, 0.25) is 0 Å². The summed E-state index contributed by atoms with van der Waals surface area (Å²) in [5.41, 5.74) is -1.35. The van der Waals surface area contributed by atoms with Crippen LogP contribution in [0, 0.1) is 11.6 Å². The minimum absolute atomic E-state index is 0.0688. The van der Waals surface area contributed by atoms with Crippen molar-refractivity contribution in [2.45, 2.75) is 57.0 Å². The number of carbonyl (C=O) groups excluding carboxylic acids is 1. The van der Waals surface area contributed by atoms with Crippen LogP contribution in [0.3, 0.4) is 0 Å². The Labute approximate surface area is 192 Å². The molecule has 2 amide bonds. The van der Waals surface area contributed by atoms with Crippen LogP contribution in [0.2, 0.25) is 0 Å². The molecule has 3 rings (SSSR count). The Morgan fingerprint density at radius 1 is 1.15 bits per heavy atom. The van der Waals surface area contributed by atoms with E-state index in [2.05, 4.69) is 10.6 Å². The highest BCUT2D eigenvalue weighted by molar-refractivity contribution is 5.92. The van der Waals surface area contributed by atoms with Crippen molar-refractivity contribution >= 4 is 11.7 Å². The average Bonchev–Trinajstić information content (AvgIpc) is 3.05. The number of ether oxygens (including phenoxy) is 1. The van der Waals surface area contributed by atoms with Gasteiger partial charge in [0.15, 0.2) is 6.10 Å². The molecule has 3 atom stereocenters. The molecule has 34 heavy (non-hydrogen) atoms. The molecule has 0 fully saturated rings. The molecule has 11 heteroatoms. The van der Waals surface area contributed by atoms with Crippen molar-refractivity contribution in [2.24, 2.45) is 0 Å². The lowest BCUT2D eigenvalue weighted by Crippen LogP contribution is -2.40. The van der Waals surface area contributed by atoms with E-state index in [4.69, 9.17) is 4.74 Å². The van der Waals surface area contributed by atoms with E-state index in [1.165, 1.54) is 6.07 Å². The number of hydrogen-bond acceptors (Lipinski definition) is 4. The molecule has 2 aromatic carbocycles. The van der Waals surface area contributed by atoms with Gasteiger partial charge < -0.3 is 25.6 Å². The lowest BCUT2D eigenvalue weighted by molar-refractivity contribution is -0.207. The van der Waals surface area contributed by atoms with Crippen LogP contribution in [0.1, 0.15) is 55.2 Å². The lowest BCUT2D eigenvalue weighted by atomic mass is 9.84. The van der Waals surface area contributed by atoms with Gasteiger partial charge in [-0.2, -0.15) is 13.2 Å². The molecular weight excluding hydrogens is 463 g/mol. The maximum absolute atomic E-state index is 14.1. The number of methoxy groups -OCH3 is 1. The molecule has 0 heterocycles. The highest BCUT2D eigenvalue weighted by atomic mass is 19.4. The maximum atomic E-state index is 14.1. The number of hydrogen-bond donors (Lipinski definition) is 4. The summed E-state index contributed by atoms with van der Waals surface area (Å²) in [7, 11) is 1.09. The van der Waals surface area contributed by atoms with Crippen LogP contribution in [0.15, 0.2) is 24.3 Å². The molecule has 0 aromatic heterocycles. The Morgan fingerprint density at radius 3 is 2.29 bits per heavy atom. The standard InChI is InChI=1S/C23H25F5N2O4/c1-22(2,3)10-7-12(20(32)23(26,27)28)19(34-4)16(8-10)30-21(33)29-15-9-11-13(24)5-6-14(25)17(11)18(15)31/h5-8,15,18,20,31-32H,9H2,1-4H3,(H2,29,30,33)/t15?,18?,20-/m1/s1. The van der Waals surface area contributed by atoms with Gasteiger partial charge >= 0.3 is 12.2 Å². The maximum Gasteiger partial charge on any atom is 0.418 e. The average molecular weight is 488 g/mol. The summed E-state index contributed by atoms with van der Waals surface area (Å²) in [6.07, 6.45) is -9.57. The van der Waals surface area contributed by atoms with Crippen LogP contribution < -0.4 is 15.4 Å². The van der Waals surface area contributed by atoms with E-state index in [1.807, 2.05) is 0 Å². The fraction of sp³-hybridized carbons (Fsp3) is 0.435. The summed E-state index contributed by atoms with van der Waals surface area (Å²) < 4.78 is 73.0. The topological polar surface area (TPSA) is 90.8 Å². The van der Waals surface area contributed by atoms with Gasteiger partial charge in [0, 0.05) is 11.1 Å². The predicted molar refractivity (Wildman–Crippen MR) is 114 cm³/mol. The molecule has 0 bridgehead atoms. The Bertz CT molecular complexity index is 1100. The van der Waals surface area contributed by atoms with E-state index in [9.17, 15) is 37.0 Å². The van der Waals surface area contributed by atoms with Crippen LogP contribution in [0.25, 0.3) is 0 Å². The third-order valence-electron chi connectivity index (χ3n) is 5.70. The number of fused-ring (bicyclic) bond motifs is 1. The highest BCUT2D eigenvalue weighted by Crippen LogP contribution is 2.43. The second-order valence-electron chi connectivity index (χ2n) is 9.12. The Balaban J connectivity index is 1.92. The first kappa shape index (κ1) is 25.7. The summed E-state index contributed by atoms with van der Waals surface area (Å²) in [5.74, 6) is -1.95. The molecule has 4 N–H and O–H groups in total. The summed E-state index contributed by atoms with van der Waals surface area (Å²) in [4.78, 5) is 12.7. The number of aliphatic hydroxyl groups excluding tert-OH is 2. The van der Waals surface area contributed by atoms with Crippen molar-refractivity contribution in [1.82, 2.24) is 5.32 Å². The normalized spacial score (nSPS) is 18.9. The first-order valence-electron chi connectivity index (χ1n) is 10.3. The SMILES string of the molecule is COc1c(NC(=O)NC2Cc3c(F)ccc(F)c3C2O)cc(C(C)(C)C)cc1[C@@H](O)C(F)(F)F. The largest absolute Gasteiger partial charge is 0.494 e. The number of anilines is 1. The molecule has 0 saturated carbocycles. The molecule has 0 radical (unpaired) electrons. The van der Waals surface area contributed by atoms with Gasteiger partial charge in [0.25, 0.3) is 0 Å². The van der Waals surface area contributed by atoms with Crippen molar-refractivity contribution in [3.63, 3.8) is 0 Å². The molecule has 0 aliphatic heterocycles. The van der Waals surface area contributed by atoms with Gasteiger partial charge in [-0.3, -0.25) is 0 Å². The van der Waals surface area contributed by atoms with E-state index in [0.717, 1.165) is 25.3 Å².